The van der Waals surface area contributed by atoms with E-state index in [1.165, 1.54) is 5.56 Å². The van der Waals surface area contributed by atoms with Crippen molar-refractivity contribution >= 4 is 17.6 Å². The summed E-state index contributed by atoms with van der Waals surface area (Å²) in [4.78, 5) is 19.7. The van der Waals surface area contributed by atoms with Gasteiger partial charge in [0.1, 0.15) is 0 Å². The molecule has 1 aliphatic heterocycles. The Hall–Kier alpha value is -4.13. The number of amides is 1. The van der Waals surface area contributed by atoms with E-state index < -0.39 is 0 Å². The Balaban J connectivity index is 1.43. The van der Waals surface area contributed by atoms with E-state index in [0.29, 0.717) is 24.6 Å². The minimum atomic E-state index is -0.0553. The van der Waals surface area contributed by atoms with Crippen molar-refractivity contribution in [3.8, 4) is 22.8 Å². The van der Waals surface area contributed by atoms with Crippen LogP contribution >= 0.6 is 0 Å². The number of hydrogen-bond donors (Lipinski definition) is 0. The van der Waals surface area contributed by atoms with Crippen LogP contribution in [0.15, 0.2) is 66.9 Å². The maximum Gasteiger partial charge on any atom is 0.246 e. The predicted octanol–water partition coefficient (Wildman–Crippen LogP) is 4.01. The van der Waals surface area contributed by atoms with Gasteiger partial charge in [0.05, 0.1) is 25.6 Å². The first kappa shape index (κ1) is 20.8. The minimum Gasteiger partial charge on any atom is -0.493 e. The Morgan fingerprint density at radius 1 is 1.00 bits per heavy atom. The predicted molar refractivity (Wildman–Crippen MR) is 126 cm³/mol. The third kappa shape index (κ3) is 3.93. The highest BCUT2D eigenvalue weighted by atomic mass is 16.5. The number of ether oxygens (including phenoxy) is 2. The summed E-state index contributed by atoms with van der Waals surface area (Å²) in [5.74, 6) is 1.33. The second-order valence-electron chi connectivity index (χ2n) is 7.82. The summed E-state index contributed by atoms with van der Waals surface area (Å²) >= 11 is 0. The Labute approximate surface area is 191 Å². The van der Waals surface area contributed by atoms with Gasteiger partial charge in [0.15, 0.2) is 17.1 Å². The molecule has 2 aromatic carbocycles. The van der Waals surface area contributed by atoms with Gasteiger partial charge in [-0.1, -0.05) is 30.3 Å². The van der Waals surface area contributed by atoms with Crippen LogP contribution in [0.3, 0.4) is 0 Å². The van der Waals surface area contributed by atoms with Crippen LogP contribution < -0.4 is 9.47 Å². The second-order valence-corrected chi connectivity index (χ2v) is 7.82. The number of rotatable bonds is 5. The van der Waals surface area contributed by atoms with Gasteiger partial charge >= 0.3 is 0 Å². The summed E-state index contributed by atoms with van der Waals surface area (Å²) in [7, 11) is 3.25. The van der Waals surface area contributed by atoms with Gasteiger partial charge in [-0.05, 0) is 47.9 Å². The lowest BCUT2D eigenvalue weighted by Gasteiger charge is -2.28. The highest BCUT2D eigenvalue weighted by Gasteiger charge is 2.22. The number of hydrogen-bond acceptors (Lipinski definition) is 5. The zero-order chi connectivity index (χ0) is 22.8. The molecule has 7 nitrogen and oxygen atoms in total. The SMILES string of the molecule is COc1cc2c(cc1OC)CN(C(=O)/C=C/c1c(-c3ccccc3)nc3cccnn13)CC2. The molecule has 0 atom stereocenters. The Morgan fingerprint density at radius 3 is 2.52 bits per heavy atom. The minimum absolute atomic E-state index is 0.0553. The molecule has 3 heterocycles. The number of aromatic nitrogens is 3. The fraction of sp³-hybridized carbons (Fsp3) is 0.192. The molecule has 0 unspecified atom stereocenters. The standard InChI is InChI=1S/C26H24N4O3/c1-32-22-15-19-12-14-29(17-20(19)16-23(22)33-2)25(31)11-10-21-26(18-7-4-3-5-8-18)28-24-9-6-13-27-30(21)24/h3-11,13,15-16H,12,14,17H2,1-2H3/b11-10+. The van der Waals surface area contributed by atoms with Crippen molar-refractivity contribution in [3.63, 3.8) is 0 Å². The zero-order valence-electron chi connectivity index (χ0n) is 18.6. The molecule has 2 aromatic heterocycles. The number of fused-ring (bicyclic) bond motifs is 2. The molecule has 0 bridgehead atoms. The molecule has 1 aliphatic rings. The number of carbonyl (C=O) groups excluding carboxylic acids is 1. The molecular weight excluding hydrogens is 416 g/mol. The lowest BCUT2D eigenvalue weighted by Crippen LogP contribution is -2.34. The second kappa shape index (κ2) is 8.78. The van der Waals surface area contributed by atoms with Crippen molar-refractivity contribution in [2.75, 3.05) is 20.8 Å². The lowest BCUT2D eigenvalue weighted by molar-refractivity contribution is -0.126. The molecule has 0 saturated heterocycles. The molecule has 0 N–H and O–H groups in total. The van der Waals surface area contributed by atoms with E-state index >= 15 is 0 Å². The molecule has 0 aliphatic carbocycles. The van der Waals surface area contributed by atoms with E-state index in [-0.39, 0.29) is 5.91 Å². The van der Waals surface area contributed by atoms with Crippen LogP contribution in [0.25, 0.3) is 23.0 Å². The van der Waals surface area contributed by atoms with Crippen molar-refractivity contribution < 1.29 is 14.3 Å². The molecule has 0 fully saturated rings. The fourth-order valence-electron chi connectivity index (χ4n) is 4.19. The van der Waals surface area contributed by atoms with Gasteiger partial charge in [-0.3, -0.25) is 4.79 Å². The average molecular weight is 441 g/mol. The van der Waals surface area contributed by atoms with E-state index in [2.05, 4.69) is 5.10 Å². The summed E-state index contributed by atoms with van der Waals surface area (Å²) in [6, 6.07) is 17.6. The normalized spacial score (nSPS) is 13.3. The molecule has 7 heteroatoms. The van der Waals surface area contributed by atoms with Crippen molar-refractivity contribution in [1.82, 2.24) is 19.5 Å². The summed E-state index contributed by atoms with van der Waals surface area (Å²) in [6.07, 6.45) is 5.89. The molecule has 33 heavy (non-hydrogen) atoms. The highest BCUT2D eigenvalue weighted by molar-refractivity contribution is 5.93. The van der Waals surface area contributed by atoms with Crippen molar-refractivity contribution in [3.05, 3.63) is 83.7 Å². The summed E-state index contributed by atoms with van der Waals surface area (Å²) in [6.45, 7) is 1.17. The molecular formula is C26H24N4O3. The number of benzene rings is 2. The maximum absolute atomic E-state index is 13.1. The van der Waals surface area contributed by atoms with Gasteiger partial charge in [0, 0.05) is 30.9 Å². The largest absolute Gasteiger partial charge is 0.493 e. The van der Waals surface area contributed by atoms with Crippen LogP contribution in [0.1, 0.15) is 16.8 Å². The topological polar surface area (TPSA) is 69.0 Å². The quantitative estimate of drug-likeness (QED) is 0.439. The number of nitrogens with zero attached hydrogens (tertiary/aromatic N) is 4. The van der Waals surface area contributed by atoms with Gasteiger partial charge in [0.2, 0.25) is 5.91 Å². The smallest absolute Gasteiger partial charge is 0.246 e. The van der Waals surface area contributed by atoms with Crippen LogP contribution in [-0.2, 0) is 17.8 Å². The van der Waals surface area contributed by atoms with Gasteiger partial charge < -0.3 is 14.4 Å². The van der Waals surface area contributed by atoms with E-state index in [1.807, 2.05) is 65.6 Å². The molecule has 0 spiro atoms. The van der Waals surface area contributed by atoms with Crippen LogP contribution in [-0.4, -0.2) is 46.2 Å². The fourth-order valence-corrected chi connectivity index (χ4v) is 4.19. The Morgan fingerprint density at radius 2 is 1.76 bits per heavy atom. The van der Waals surface area contributed by atoms with Crippen molar-refractivity contribution in [2.45, 2.75) is 13.0 Å². The summed E-state index contributed by atoms with van der Waals surface area (Å²) < 4.78 is 12.6. The van der Waals surface area contributed by atoms with Crippen molar-refractivity contribution in [1.29, 1.82) is 0 Å². The van der Waals surface area contributed by atoms with Crippen LogP contribution in [0, 0.1) is 0 Å². The number of carbonyl (C=O) groups is 1. The zero-order valence-corrected chi connectivity index (χ0v) is 18.6. The van der Waals surface area contributed by atoms with Crippen molar-refractivity contribution in [2.24, 2.45) is 0 Å². The van der Waals surface area contributed by atoms with Gasteiger partial charge in [-0.25, -0.2) is 9.50 Å². The maximum atomic E-state index is 13.1. The molecule has 5 rings (SSSR count). The van der Waals surface area contributed by atoms with E-state index in [9.17, 15) is 4.79 Å². The molecule has 4 aromatic rings. The molecule has 0 radical (unpaired) electrons. The van der Waals surface area contributed by atoms with E-state index in [1.54, 1.807) is 31.0 Å². The molecule has 166 valence electrons. The third-order valence-corrected chi connectivity index (χ3v) is 5.89. The highest BCUT2D eigenvalue weighted by Crippen LogP contribution is 2.33. The average Bonchev–Trinajstić information content (AvgIpc) is 3.25. The first-order valence-corrected chi connectivity index (χ1v) is 10.8. The Kier molecular flexibility index (Phi) is 5.52. The molecule has 1 amide bonds. The monoisotopic (exact) mass is 440 g/mol. The van der Waals surface area contributed by atoms with Gasteiger partial charge in [-0.15, -0.1) is 0 Å². The van der Waals surface area contributed by atoms with Crippen LogP contribution in [0.5, 0.6) is 11.5 Å². The van der Waals surface area contributed by atoms with Gasteiger partial charge in [0.25, 0.3) is 0 Å². The van der Waals surface area contributed by atoms with E-state index in [0.717, 1.165) is 34.6 Å². The van der Waals surface area contributed by atoms with Gasteiger partial charge in [-0.2, -0.15) is 5.10 Å². The molecule has 0 saturated carbocycles. The third-order valence-electron chi connectivity index (χ3n) is 5.89. The number of methoxy groups -OCH3 is 2. The summed E-state index contributed by atoms with van der Waals surface area (Å²) in [5, 5.41) is 4.44. The first-order chi connectivity index (χ1) is 16.2. The Bertz CT molecular complexity index is 1340. The summed E-state index contributed by atoms with van der Waals surface area (Å²) in [5.41, 5.74) is 5.52. The lowest BCUT2D eigenvalue weighted by atomic mass is 9.98. The van der Waals surface area contributed by atoms with E-state index in [4.69, 9.17) is 14.5 Å². The number of imidazole rings is 1. The van der Waals surface area contributed by atoms with Crippen LogP contribution in [0.2, 0.25) is 0 Å². The first-order valence-electron chi connectivity index (χ1n) is 10.8. The van der Waals surface area contributed by atoms with Crippen LogP contribution in [0.4, 0.5) is 0 Å².